The van der Waals surface area contributed by atoms with Gasteiger partial charge in [0, 0.05) is 31.5 Å². The monoisotopic (exact) mass is 537 g/mol. The van der Waals surface area contributed by atoms with E-state index < -0.39 is 57.0 Å². The van der Waals surface area contributed by atoms with Crippen molar-refractivity contribution >= 4 is 8.53 Å². The molecule has 3 N–H and O–H groups in total. The fraction of sp³-hybridized carbons (Fsp3) is 0.762. The van der Waals surface area contributed by atoms with Crippen molar-refractivity contribution in [2.45, 2.75) is 76.8 Å². The normalized spacial score (nSPS) is 23.5. The van der Waals surface area contributed by atoms with Gasteiger partial charge in [-0.05, 0) is 27.7 Å². The lowest BCUT2D eigenvalue weighted by atomic mass is 10.1. The first-order chi connectivity index (χ1) is 16.9. The maximum Gasteiger partial charge on any atom is 0.379 e. The van der Waals surface area contributed by atoms with Crippen molar-refractivity contribution in [3.63, 3.8) is 0 Å². The number of nitriles is 1. The number of rotatable bonds is 14. The Bertz CT molecular complexity index is 978. The molecule has 0 aliphatic carbocycles. The summed E-state index contributed by atoms with van der Waals surface area (Å²) in [4.78, 5) is 25.9. The summed E-state index contributed by atoms with van der Waals surface area (Å²) in [5, 5.41) is 8.86. The SMILES string of the molecule is COCC(F)(F)O[C@@H]1[C@H](N)[C@@H](COP(OCCC#N)N(C(C)C)C(C)C)O[C@H]1n1ccc(=O)[nH]c1=O. The van der Waals surface area contributed by atoms with Crippen LogP contribution >= 0.6 is 8.53 Å². The predicted molar refractivity (Wildman–Crippen MR) is 126 cm³/mol. The van der Waals surface area contributed by atoms with Crippen LogP contribution < -0.4 is 17.0 Å². The first kappa shape index (κ1) is 30.4. The van der Waals surface area contributed by atoms with Gasteiger partial charge in [-0.1, -0.05) is 0 Å². The van der Waals surface area contributed by atoms with Gasteiger partial charge < -0.3 is 29.0 Å². The third-order valence-electron chi connectivity index (χ3n) is 5.16. The van der Waals surface area contributed by atoms with Gasteiger partial charge in [-0.2, -0.15) is 14.0 Å². The van der Waals surface area contributed by atoms with Crippen molar-refractivity contribution in [3.05, 3.63) is 33.1 Å². The summed E-state index contributed by atoms with van der Waals surface area (Å²) in [5.41, 5.74) is 4.72. The minimum absolute atomic E-state index is 0.0349. The van der Waals surface area contributed by atoms with Gasteiger partial charge in [0.05, 0.1) is 31.7 Å². The zero-order valence-corrected chi connectivity index (χ0v) is 21.8. The third-order valence-corrected chi connectivity index (χ3v) is 7.24. The Hall–Kier alpha value is -1.82. The van der Waals surface area contributed by atoms with Gasteiger partial charge in [0.25, 0.3) is 14.1 Å². The van der Waals surface area contributed by atoms with Crippen LogP contribution in [0, 0.1) is 11.3 Å². The van der Waals surface area contributed by atoms with Crippen molar-refractivity contribution < 1.29 is 32.0 Å². The van der Waals surface area contributed by atoms with E-state index in [0.29, 0.717) is 0 Å². The molecule has 5 atom stereocenters. The van der Waals surface area contributed by atoms with Crippen LogP contribution in [0.2, 0.25) is 0 Å². The van der Waals surface area contributed by atoms with Gasteiger partial charge in [0.2, 0.25) is 0 Å². The zero-order chi connectivity index (χ0) is 27.0. The molecule has 204 valence electrons. The van der Waals surface area contributed by atoms with Crippen molar-refractivity contribution in [1.82, 2.24) is 14.2 Å². The number of nitrogens with zero attached hydrogens (tertiary/aromatic N) is 3. The highest BCUT2D eigenvalue weighted by Gasteiger charge is 2.50. The quantitative estimate of drug-likeness (QED) is 0.265. The number of hydrogen-bond donors (Lipinski definition) is 2. The molecule has 1 aromatic heterocycles. The van der Waals surface area contributed by atoms with Crippen LogP contribution in [-0.4, -0.2) is 77.6 Å². The highest BCUT2D eigenvalue weighted by Crippen LogP contribution is 2.47. The summed E-state index contributed by atoms with van der Waals surface area (Å²) in [6.45, 7) is 6.78. The number of aromatic amines is 1. The maximum atomic E-state index is 14.3. The number of nitrogens with one attached hydrogen (secondary N) is 1. The van der Waals surface area contributed by atoms with Crippen LogP contribution in [0.3, 0.4) is 0 Å². The molecule has 1 aromatic rings. The van der Waals surface area contributed by atoms with Crippen LogP contribution in [0.4, 0.5) is 8.78 Å². The maximum absolute atomic E-state index is 14.3. The highest BCUT2D eigenvalue weighted by atomic mass is 31.2. The lowest BCUT2D eigenvalue weighted by Crippen LogP contribution is -2.48. The second-order valence-electron chi connectivity index (χ2n) is 8.66. The summed E-state index contributed by atoms with van der Waals surface area (Å²) in [6, 6.07) is 1.99. The lowest BCUT2D eigenvalue weighted by Gasteiger charge is -2.36. The molecule has 15 heteroatoms. The Morgan fingerprint density at radius 2 is 1.97 bits per heavy atom. The molecule has 2 heterocycles. The van der Waals surface area contributed by atoms with Crippen LogP contribution in [0.5, 0.6) is 0 Å². The summed E-state index contributed by atoms with van der Waals surface area (Å²) in [6.07, 6.45) is -6.28. The lowest BCUT2D eigenvalue weighted by molar-refractivity contribution is -0.293. The van der Waals surface area contributed by atoms with Crippen molar-refractivity contribution in [2.75, 3.05) is 26.9 Å². The standard InChI is InChI=1S/C21H34F2N5O7P/c1-13(2)28(14(3)4)36(32-10-6-8-24)33-11-15-17(25)18(35-21(22,23)12-31-5)19(34-15)27-9-7-16(29)26-20(27)30/h7,9,13-15,17-19H,6,10-12,25H2,1-5H3,(H,26,29,30)/t15-,17-,18-,19-,36?/m1/s1. The molecule has 0 radical (unpaired) electrons. The molecule has 1 fully saturated rings. The van der Waals surface area contributed by atoms with E-state index in [1.165, 1.54) is 0 Å². The molecule has 0 amide bonds. The number of ether oxygens (including phenoxy) is 3. The Morgan fingerprint density at radius 3 is 2.53 bits per heavy atom. The van der Waals surface area contributed by atoms with Crippen molar-refractivity contribution in [1.29, 1.82) is 5.26 Å². The minimum Gasteiger partial charge on any atom is -0.376 e. The number of H-pyrrole nitrogens is 1. The van der Waals surface area contributed by atoms with E-state index >= 15 is 0 Å². The van der Waals surface area contributed by atoms with Crippen LogP contribution in [-0.2, 0) is 23.3 Å². The molecular weight excluding hydrogens is 503 g/mol. The van der Waals surface area contributed by atoms with E-state index in [1.54, 1.807) is 0 Å². The molecule has 1 aliphatic heterocycles. The summed E-state index contributed by atoms with van der Waals surface area (Å²) in [5.74, 6) is 0. The highest BCUT2D eigenvalue weighted by molar-refractivity contribution is 7.44. The second kappa shape index (κ2) is 13.6. The molecule has 1 unspecified atom stereocenters. The molecule has 0 aromatic carbocycles. The largest absolute Gasteiger partial charge is 0.379 e. The molecule has 36 heavy (non-hydrogen) atoms. The van der Waals surface area contributed by atoms with Gasteiger partial charge >= 0.3 is 11.8 Å². The predicted octanol–water partition coefficient (Wildman–Crippen LogP) is 1.68. The molecule has 0 spiro atoms. The third kappa shape index (κ3) is 8.09. The fourth-order valence-electron chi connectivity index (χ4n) is 3.74. The Kier molecular flexibility index (Phi) is 11.5. The second-order valence-corrected chi connectivity index (χ2v) is 10.1. The zero-order valence-electron chi connectivity index (χ0n) is 20.9. The minimum atomic E-state index is -3.72. The van der Waals surface area contributed by atoms with Crippen LogP contribution in [0.25, 0.3) is 0 Å². The molecule has 0 saturated carbocycles. The summed E-state index contributed by atoms with van der Waals surface area (Å²) < 4.78 is 58.7. The van der Waals surface area contributed by atoms with E-state index in [2.05, 4.69) is 9.72 Å². The van der Waals surface area contributed by atoms with E-state index in [0.717, 1.165) is 23.9 Å². The summed E-state index contributed by atoms with van der Waals surface area (Å²) in [7, 11) is -0.564. The Balaban J connectivity index is 2.29. The fourth-order valence-corrected chi connectivity index (χ4v) is 5.36. The van der Waals surface area contributed by atoms with Gasteiger partial charge in [-0.25, -0.2) is 9.46 Å². The number of alkyl halides is 2. The number of aromatic nitrogens is 2. The number of methoxy groups -OCH3 is 1. The van der Waals surface area contributed by atoms with Gasteiger partial charge in [0.1, 0.15) is 18.8 Å². The van der Waals surface area contributed by atoms with Gasteiger partial charge in [-0.3, -0.25) is 14.3 Å². The van der Waals surface area contributed by atoms with Crippen LogP contribution in [0.1, 0.15) is 40.3 Å². The number of halogens is 2. The van der Waals surface area contributed by atoms with Crippen LogP contribution in [0.15, 0.2) is 21.9 Å². The molecule has 0 bridgehead atoms. The molecule has 1 saturated heterocycles. The first-order valence-corrected chi connectivity index (χ1v) is 12.5. The Morgan fingerprint density at radius 1 is 1.31 bits per heavy atom. The average molecular weight is 538 g/mol. The molecular formula is C21H34F2N5O7P. The van der Waals surface area contributed by atoms with Crippen molar-refractivity contribution in [2.24, 2.45) is 5.73 Å². The van der Waals surface area contributed by atoms with Crippen molar-refractivity contribution in [3.8, 4) is 6.07 Å². The van der Waals surface area contributed by atoms with E-state index in [-0.39, 0.29) is 31.7 Å². The van der Waals surface area contributed by atoms with E-state index in [9.17, 15) is 18.4 Å². The number of hydrogen-bond acceptors (Lipinski definition) is 10. The first-order valence-electron chi connectivity index (χ1n) is 11.4. The molecule has 1 aliphatic rings. The molecule has 12 nitrogen and oxygen atoms in total. The van der Waals surface area contributed by atoms with Gasteiger partial charge in [-0.15, -0.1) is 0 Å². The van der Waals surface area contributed by atoms with Gasteiger partial charge in [0.15, 0.2) is 6.23 Å². The van der Waals surface area contributed by atoms with E-state index in [1.807, 2.05) is 38.4 Å². The summed E-state index contributed by atoms with van der Waals surface area (Å²) >= 11 is 0. The Labute approximate surface area is 209 Å². The smallest absolute Gasteiger partial charge is 0.376 e. The average Bonchev–Trinajstić information content (AvgIpc) is 3.06. The number of nitrogens with two attached hydrogens (primary N) is 1. The van der Waals surface area contributed by atoms with E-state index in [4.69, 9.17) is 29.5 Å². The topological polar surface area (TPSA) is 154 Å². The molecule has 2 rings (SSSR count).